The van der Waals surface area contributed by atoms with Crippen molar-refractivity contribution in [1.29, 1.82) is 5.26 Å². The summed E-state index contributed by atoms with van der Waals surface area (Å²) >= 11 is 0. The molecular weight excluding hydrogens is 401 g/mol. The van der Waals surface area contributed by atoms with Crippen LogP contribution in [0.15, 0.2) is 36.2 Å². The van der Waals surface area contributed by atoms with E-state index in [1.807, 2.05) is 0 Å². The predicted octanol–water partition coefficient (Wildman–Crippen LogP) is 7.56. The maximum Gasteiger partial charge on any atom is 0.309 e. The molecule has 2 saturated carbocycles. The van der Waals surface area contributed by atoms with Crippen molar-refractivity contribution in [1.82, 2.24) is 0 Å². The number of nitriles is 1. The molecule has 0 unspecified atom stereocenters. The van der Waals surface area contributed by atoms with Gasteiger partial charge in [-0.05, 0) is 106 Å². The number of ether oxygens (including phenoxy) is 1. The van der Waals surface area contributed by atoms with Crippen LogP contribution < -0.4 is 0 Å². The minimum Gasteiger partial charge on any atom is -0.462 e. The summed E-state index contributed by atoms with van der Waals surface area (Å²) in [5.41, 5.74) is 2.86. The fraction of sp³-hybridized carbons (Fsp3) is 0.643. The molecule has 0 heterocycles. The summed E-state index contributed by atoms with van der Waals surface area (Å²) in [5.74, 6) is 0.417. The van der Waals surface area contributed by atoms with E-state index in [4.69, 9.17) is 10.00 Å². The van der Waals surface area contributed by atoms with Crippen molar-refractivity contribution in [3.05, 3.63) is 47.3 Å². The minimum atomic E-state index is -0.694. The molecule has 0 N–H and O–H groups in total. The molecule has 0 spiro atoms. The Balaban J connectivity index is 1.35. The Bertz CT molecular complexity index is 779. The third kappa shape index (κ3) is 7.47. The van der Waals surface area contributed by atoms with E-state index in [0.29, 0.717) is 18.3 Å². The number of halogens is 1. The summed E-state index contributed by atoms with van der Waals surface area (Å²) in [5, 5.41) is 8.47. The van der Waals surface area contributed by atoms with Gasteiger partial charge < -0.3 is 4.74 Å². The highest BCUT2D eigenvalue weighted by Crippen LogP contribution is 2.36. The van der Waals surface area contributed by atoms with E-state index in [-0.39, 0.29) is 18.0 Å². The van der Waals surface area contributed by atoms with Crippen LogP contribution in [0.5, 0.6) is 0 Å². The second-order valence-corrected chi connectivity index (χ2v) is 9.71. The number of esters is 1. The molecule has 0 aromatic heterocycles. The molecule has 2 aliphatic rings. The number of unbranched alkanes of at least 4 members (excludes halogenated alkanes) is 1. The second-order valence-electron chi connectivity index (χ2n) is 9.71. The number of carbonyl (C=O) groups excluding carboxylic acids is 1. The number of hydrogen-bond acceptors (Lipinski definition) is 3. The lowest BCUT2D eigenvalue weighted by Gasteiger charge is -2.31. The molecule has 0 radical (unpaired) electrons. The van der Waals surface area contributed by atoms with Crippen LogP contribution in [-0.4, -0.2) is 12.1 Å². The van der Waals surface area contributed by atoms with E-state index < -0.39 is 5.83 Å². The van der Waals surface area contributed by atoms with Gasteiger partial charge in [0, 0.05) is 0 Å². The van der Waals surface area contributed by atoms with E-state index in [1.54, 1.807) is 0 Å². The molecule has 2 aliphatic carbocycles. The zero-order chi connectivity index (χ0) is 22.8. The van der Waals surface area contributed by atoms with Gasteiger partial charge in [-0.1, -0.05) is 37.6 Å². The average Bonchev–Trinajstić information content (AvgIpc) is 2.84. The Hall–Kier alpha value is -2.15. The Morgan fingerprint density at radius 3 is 2.41 bits per heavy atom. The standard InChI is InChI=1S/C28H38FNO2/c1-2-3-5-21-8-12-23(13-9-21)24-16-18-27(19-17-24)32-28(31)25-14-10-22(11-15-25)6-4-7-26(29)20-30/h7-9,12-13,22,24-25,27H,2-6,10-11,14-19H2,1H3. The summed E-state index contributed by atoms with van der Waals surface area (Å²) in [6.45, 7) is 2.23. The molecule has 4 heteroatoms. The summed E-state index contributed by atoms with van der Waals surface area (Å²) in [7, 11) is 0. The van der Waals surface area contributed by atoms with Crippen molar-refractivity contribution in [2.24, 2.45) is 11.8 Å². The predicted molar refractivity (Wildman–Crippen MR) is 126 cm³/mol. The number of benzene rings is 1. The molecule has 32 heavy (non-hydrogen) atoms. The maximum atomic E-state index is 12.9. The van der Waals surface area contributed by atoms with Crippen LogP contribution in [0.2, 0.25) is 0 Å². The lowest BCUT2D eigenvalue weighted by atomic mass is 9.79. The van der Waals surface area contributed by atoms with Gasteiger partial charge >= 0.3 is 5.97 Å². The number of rotatable bonds is 9. The Labute approximate surface area is 193 Å². The lowest BCUT2D eigenvalue weighted by molar-refractivity contribution is -0.157. The van der Waals surface area contributed by atoms with E-state index in [1.165, 1.54) is 36.1 Å². The number of carbonyl (C=O) groups is 1. The topological polar surface area (TPSA) is 50.1 Å². The molecule has 3 nitrogen and oxygen atoms in total. The summed E-state index contributed by atoms with van der Waals surface area (Å²) < 4.78 is 18.8. The van der Waals surface area contributed by atoms with Gasteiger partial charge in [0.1, 0.15) is 12.2 Å². The zero-order valence-electron chi connectivity index (χ0n) is 19.5. The Kier molecular flexibility index (Phi) is 9.78. The highest BCUT2D eigenvalue weighted by Gasteiger charge is 2.30. The highest BCUT2D eigenvalue weighted by molar-refractivity contribution is 5.72. The first-order valence-electron chi connectivity index (χ1n) is 12.6. The molecule has 1 aromatic carbocycles. The van der Waals surface area contributed by atoms with Crippen molar-refractivity contribution in [3.8, 4) is 6.07 Å². The molecule has 0 amide bonds. The normalized spacial score (nSPS) is 26.3. The largest absolute Gasteiger partial charge is 0.462 e. The van der Waals surface area contributed by atoms with Gasteiger partial charge in [0.15, 0.2) is 5.83 Å². The SMILES string of the molecule is CCCCc1ccc(C2CCC(OC(=O)C3CCC(CCC=C(F)C#N)CC3)CC2)cc1. The van der Waals surface area contributed by atoms with Crippen molar-refractivity contribution < 1.29 is 13.9 Å². The molecule has 0 aliphatic heterocycles. The smallest absolute Gasteiger partial charge is 0.309 e. The van der Waals surface area contributed by atoms with Crippen LogP contribution in [0.1, 0.15) is 101 Å². The number of allylic oxidation sites excluding steroid dienone is 2. The summed E-state index contributed by atoms with van der Waals surface area (Å²) in [4.78, 5) is 12.7. The van der Waals surface area contributed by atoms with Crippen LogP contribution in [0.25, 0.3) is 0 Å². The third-order valence-electron chi connectivity index (χ3n) is 7.41. The number of aryl methyl sites for hydroxylation is 1. The van der Waals surface area contributed by atoms with Gasteiger partial charge in [-0.2, -0.15) is 9.65 Å². The molecule has 0 atom stereocenters. The first-order valence-corrected chi connectivity index (χ1v) is 12.6. The molecule has 1 aromatic rings. The van der Waals surface area contributed by atoms with Crippen LogP contribution in [0.3, 0.4) is 0 Å². The molecule has 3 rings (SSSR count). The van der Waals surface area contributed by atoms with Gasteiger partial charge in [-0.25, -0.2) is 0 Å². The van der Waals surface area contributed by atoms with E-state index >= 15 is 0 Å². The van der Waals surface area contributed by atoms with Gasteiger partial charge in [0.25, 0.3) is 0 Å². The first kappa shape index (κ1) is 24.5. The van der Waals surface area contributed by atoms with E-state index in [9.17, 15) is 9.18 Å². The maximum absolute atomic E-state index is 12.9. The molecule has 0 saturated heterocycles. The van der Waals surface area contributed by atoms with Crippen LogP contribution in [0.4, 0.5) is 4.39 Å². The van der Waals surface area contributed by atoms with Gasteiger partial charge in [0.2, 0.25) is 0 Å². The molecule has 2 fully saturated rings. The van der Waals surface area contributed by atoms with Gasteiger partial charge in [-0.3, -0.25) is 4.79 Å². The number of hydrogen-bond donors (Lipinski definition) is 0. The van der Waals surface area contributed by atoms with Gasteiger partial charge in [0.05, 0.1) is 5.92 Å². The van der Waals surface area contributed by atoms with Crippen LogP contribution in [0, 0.1) is 23.2 Å². The summed E-state index contributed by atoms with van der Waals surface area (Å²) in [6.07, 6.45) is 14.4. The van der Waals surface area contributed by atoms with Crippen molar-refractivity contribution in [2.75, 3.05) is 0 Å². The molecule has 174 valence electrons. The molecule has 0 bridgehead atoms. The quantitative estimate of drug-likeness (QED) is 0.295. The average molecular weight is 440 g/mol. The molecular formula is C28H38FNO2. The first-order chi connectivity index (χ1) is 15.6. The van der Waals surface area contributed by atoms with Crippen LogP contribution >= 0.6 is 0 Å². The third-order valence-corrected chi connectivity index (χ3v) is 7.41. The van der Waals surface area contributed by atoms with E-state index in [0.717, 1.165) is 64.2 Å². The Morgan fingerprint density at radius 1 is 1.09 bits per heavy atom. The summed E-state index contributed by atoms with van der Waals surface area (Å²) in [6, 6.07) is 10.7. The van der Waals surface area contributed by atoms with Crippen molar-refractivity contribution >= 4 is 5.97 Å². The zero-order valence-corrected chi connectivity index (χ0v) is 19.5. The second kappa shape index (κ2) is 12.8. The highest BCUT2D eigenvalue weighted by atomic mass is 19.1. The van der Waals surface area contributed by atoms with Crippen molar-refractivity contribution in [2.45, 2.75) is 102 Å². The van der Waals surface area contributed by atoms with Gasteiger partial charge in [-0.15, -0.1) is 0 Å². The monoisotopic (exact) mass is 439 g/mol. The minimum absolute atomic E-state index is 0.0115. The lowest BCUT2D eigenvalue weighted by Crippen LogP contribution is -2.29. The fourth-order valence-corrected chi connectivity index (χ4v) is 5.29. The van der Waals surface area contributed by atoms with Crippen molar-refractivity contribution in [3.63, 3.8) is 0 Å². The van der Waals surface area contributed by atoms with Crippen LogP contribution in [-0.2, 0) is 16.0 Å². The number of nitrogens with zero attached hydrogens (tertiary/aromatic N) is 1. The van der Waals surface area contributed by atoms with E-state index in [2.05, 4.69) is 31.2 Å². The Morgan fingerprint density at radius 2 is 1.78 bits per heavy atom. The fourth-order valence-electron chi connectivity index (χ4n) is 5.29.